The molecular weight excluding hydrogens is 717 g/mol. The van der Waals surface area contributed by atoms with Crippen molar-refractivity contribution in [1.29, 1.82) is 0 Å². The van der Waals surface area contributed by atoms with Crippen LogP contribution in [0.5, 0.6) is 0 Å². The van der Waals surface area contributed by atoms with Crippen LogP contribution in [-0.2, 0) is 19.1 Å². The van der Waals surface area contributed by atoms with Crippen molar-refractivity contribution in [2.75, 3.05) is 36.2 Å². The lowest BCUT2D eigenvalue weighted by Gasteiger charge is -2.17. The number of thioether (sulfide) groups is 2. The van der Waals surface area contributed by atoms with Gasteiger partial charge in [0.25, 0.3) is 0 Å². The summed E-state index contributed by atoms with van der Waals surface area (Å²) in [5.74, 6) is 5.36. The zero-order valence-corrected chi connectivity index (χ0v) is 39.2. The normalized spacial score (nSPS) is 12.6. The van der Waals surface area contributed by atoms with Crippen LogP contribution in [0.1, 0.15) is 252 Å². The lowest BCUT2D eigenvalue weighted by atomic mass is 9.95. The van der Waals surface area contributed by atoms with E-state index in [2.05, 4.69) is 27.7 Å². The van der Waals surface area contributed by atoms with Gasteiger partial charge in [-0.1, -0.05) is 207 Å². The van der Waals surface area contributed by atoms with Gasteiger partial charge in [0, 0.05) is 17.9 Å². The summed E-state index contributed by atoms with van der Waals surface area (Å²) >= 11 is 3.88. The fourth-order valence-electron chi connectivity index (χ4n) is 7.57. The molecule has 0 radical (unpaired) electrons. The van der Waals surface area contributed by atoms with Crippen molar-refractivity contribution in [2.24, 2.45) is 11.8 Å². The van der Waals surface area contributed by atoms with E-state index in [1.54, 1.807) is 0 Å². The maximum Gasteiger partial charge on any atom is 0.306 e. The number of rotatable bonds is 46. The lowest BCUT2D eigenvalue weighted by Crippen LogP contribution is -2.12. The molecule has 0 aliphatic carbocycles. The van der Waals surface area contributed by atoms with Crippen molar-refractivity contribution in [3.05, 3.63) is 0 Å². The monoisotopic (exact) mass is 813 g/mol. The van der Waals surface area contributed by atoms with E-state index in [4.69, 9.17) is 9.47 Å². The SMILES string of the molecule is CCCCCCCCCCC(CCCCCCCC)CSCCC(=O)OCCCOC(=O)CCSCC(CCCCCCCC)CCCCCCCCCC. The van der Waals surface area contributed by atoms with Crippen LogP contribution in [0.2, 0.25) is 0 Å². The zero-order valence-electron chi connectivity index (χ0n) is 37.6. The molecule has 0 N–H and O–H groups in total. The number of unbranched alkanes of at least 4 members (excludes halogenated alkanes) is 24. The Bertz CT molecular complexity index is 716. The van der Waals surface area contributed by atoms with Crippen molar-refractivity contribution < 1.29 is 19.1 Å². The van der Waals surface area contributed by atoms with E-state index in [1.165, 1.54) is 217 Å². The average molecular weight is 813 g/mol. The number of esters is 2. The van der Waals surface area contributed by atoms with Crippen LogP contribution in [0.3, 0.4) is 0 Å². The molecule has 0 aromatic heterocycles. The summed E-state index contributed by atoms with van der Waals surface area (Å²) in [4.78, 5) is 24.8. The summed E-state index contributed by atoms with van der Waals surface area (Å²) in [6.45, 7) is 9.83. The highest BCUT2D eigenvalue weighted by molar-refractivity contribution is 7.99. The molecule has 0 aromatic carbocycles. The predicted molar refractivity (Wildman–Crippen MR) is 248 cm³/mol. The number of hydrogen-bond donors (Lipinski definition) is 0. The Kier molecular flexibility index (Phi) is 46.0. The van der Waals surface area contributed by atoms with Crippen LogP contribution in [-0.4, -0.2) is 48.2 Å². The van der Waals surface area contributed by atoms with Gasteiger partial charge in [-0.25, -0.2) is 0 Å². The van der Waals surface area contributed by atoms with Gasteiger partial charge in [-0.2, -0.15) is 23.5 Å². The van der Waals surface area contributed by atoms with Crippen molar-refractivity contribution in [3.8, 4) is 0 Å². The molecule has 2 unspecified atom stereocenters. The van der Waals surface area contributed by atoms with Crippen molar-refractivity contribution in [2.45, 2.75) is 252 Å². The largest absolute Gasteiger partial charge is 0.466 e. The summed E-state index contributed by atoms with van der Waals surface area (Å²) in [5, 5.41) is 0. The molecule has 0 amide bonds. The van der Waals surface area contributed by atoms with Crippen LogP contribution in [0.25, 0.3) is 0 Å². The molecule has 0 saturated heterocycles. The van der Waals surface area contributed by atoms with E-state index < -0.39 is 0 Å². The van der Waals surface area contributed by atoms with Crippen molar-refractivity contribution in [3.63, 3.8) is 0 Å². The predicted octanol–water partition coefficient (Wildman–Crippen LogP) is 16.5. The topological polar surface area (TPSA) is 52.6 Å². The molecule has 6 heteroatoms. The van der Waals surface area contributed by atoms with Gasteiger partial charge in [-0.3, -0.25) is 9.59 Å². The number of ether oxygens (including phenoxy) is 2. The Labute approximate surface area is 353 Å². The highest BCUT2D eigenvalue weighted by Gasteiger charge is 2.12. The fraction of sp³-hybridized carbons (Fsp3) is 0.959. The average Bonchev–Trinajstić information content (AvgIpc) is 3.18. The van der Waals surface area contributed by atoms with E-state index in [9.17, 15) is 9.59 Å². The zero-order chi connectivity index (χ0) is 40.1. The molecule has 0 fully saturated rings. The lowest BCUT2D eigenvalue weighted by molar-refractivity contribution is -0.145. The standard InChI is InChI=1S/C49H96O4S2/c1-5-9-13-17-21-23-27-31-36-46(34-29-25-19-15-11-7-3)44-54-42-38-48(50)52-40-33-41-53-49(51)39-43-55-45-47(35-30-26-20-16-12-8-4)37-32-28-24-22-18-14-10-6-2/h46-47H,5-45H2,1-4H3. The van der Waals surface area contributed by atoms with Crippen LogP contribution in [0.15, 0.2) is 0 Å². The van der Waals surface area contributed by atoms with Gasteiger partial charge in [-0.05, 0) is 49.0 Å². The molecule has 0 bridgehead atoms. The van der Waals surface area contributed by atoms with E-state index in [0.29, 0.717) is 32.5 Å². The number of carbonyl (C=O) groups is 2. The molecule has 0 heterocycles. The summed E-state index contributed by atoms with van der Waals surface area (Å²) in [6, 6.07) is 0. The highest BCUT2D eigenvalue weighted by atomic mass is 32.2. The van der Waals surface area contributed by atoms with Crippen LogP contribution >= 0.6 is 23.5 Å². The quantitative estimate of drug-likeness (QED) is 0.0451. The summed E-state index contributed by atoms with van der Waals surface area (Å²) in [6.07, 6.45) is 45.4. The molecule has 0 spiro atoms. The second kappa shape index (κ2) is 46.3. The summed E-state index contributed by atoms with van der Waals surface area (Å²) in [7, 11) is 0. The smallest absolute Gasteiger partial charge is 0.306 e. The Morgan fingerprint density at radius 1 is 0.364 bits per heavy atom. The molecule has 55 heavy (non-hydrogen) atoms. The molecular formula is C49H96O4S2. The second-order valence-electron chi connectivity index (χ2n) is 16.8. The maximum atomic E-state index is 12.4. The first-order chi connectivity index (χ1) is 27.1. The van der Waals surface area contributed by atoms with Crippen molar-refractivity contribution in [1.82, 2.24) is 0 Å². The number of carbonyl (C=O) groups excluding carboxylic acids is 2. The summed E-state index contributed by atoms with van der Waals surface area (Å²) < 4.78 is 11.0. The number of hydrogen-bond acceptors (Lipinski definition) is 6. The molecule has 4 nitrogen and oxygen atoms in total. The van der Waals surface area contributed by atoms with Gasteiger partial charge in [-0.15, -0.1) is 0 Å². The van der Waals surface area contributed by atoms with E-state index in [-0.39, 0.29) is 11.9 Å². The first kappa shape index (κ1) is 54.6. The Balaban J connectivity index is 4.14. The Hall–Kier alpha value is -0.360. The fourth-order valence-corrected chi connectivity index (χ4v) is 9.86. The third kappa shape index (κ3) is 43.1. The molecule has 0 aliphatic heterocycles. The molecule has 2 atom stereocenters. The first-order valence-corrected chi connectivity index (χ1v) is 26.8. The Morgan fingerprint density at radius 2 is 0.618 bits per heavy atom. The minimum atomic E-state index is -0.117. The highest BCUT2D eigenvalue weighted by Crippen LogP contribution is 2.25. The molecule has 0 rings (SSSR count). The maximum absolute atomic E-state index is 12.4. The van der Waals surface area contributed by atoms with Gasteiger partial charge in [0.1, 0.15) is 0 Å². The van der Waals surface area contributed by atoms with Gasteiger partial charge in [0.2, 0.25) is 0 Å². The minimum absolute atomic E-state index is 0.117. The second-order valence-corrected chi connectivity index (χ2v) is 19.1. The van der Waals surface area contributed by atoms with Crippen LogP contribution in [0.4, 0.5) is 0 Å². The molecule has 0 saturated carbocycles. The van der Waals surface area contributed by atoms with Gasteiger partial charge < -0.3 is 9.47 Å². The van der Waals surface area contributed by atoms with Crippen molar-refractivity contribution >= 4 is 35.5 Å². The van der Waals surface area contributed by atoms with E-state index >= 15 is 0 Å². The summed E-state index contributed by atoms with van der Waals surface area (Å²) in [5.41, 5.74) is 0. The van der Waals surface area contributed by atoms with Gasteiger partial charge in [0.05, 0.1) is 26.1 Å². The third-order valence-corrected chi connectivity index (χ3v) is 13.7. The van der Waals surface area contributed by atoms with E-state index in [0.717, 1.165) is 23.3 Å². The van der Waals surface area contributed by atoms with Gasteiger partial charge in [0.15, 0.2) is 0 Å². The third-order valence-electron chi connectivity index (χ3n) is 11.3. The van der Waals surface area contributed by atoms with Crippen LogP contribution < -0.4 is 0 Å². The first-order valence-electron chi connectivity index (χ1n) is 24.5. The molecule has 0 aromatic rings. The van der Waals surface area contributed by atoms with Gasteiger partial charge >= 0.3 is 11.9 Å². The molecule has 0 aliphatic rings. The van der Waals surface area contributed by atoms with E-state index in [1.807, 2.05) is 23.5 Å². The minimum Gasteiger partial charge on any atom is -0.466 e. The van der Waals surface area contributed by atoms with Crippen LogP contribution in [0, 0.1) is 11.8 Å². The molecule has 328 valence electrons. The Morgan fingerprint density at radius 3 is 0.891 bits per heavy atom.